The SMILES string of the molecule is CC(C)C[C@@H](C(=O)Nc1ccc(C(F)(F)F)cn1)n1cccc1. The van der Waals surface area contributed by atoms with Gasteiger partial charge >= 0.3 is 6.18 Å². The van der Waals surface area contributed by atoms with E-state index in [0.29, 0.717) is 12.6 Å². The first-order chi connectivity index (χ1) is 10.8. The Morgan fingerprint density at radius 2 is 1.91 bits per heavy atom. The van der Waals surface area contributed by atoms with Crippen molar-refractivity contribution >= 4 is 11.7 Å². The van der Waals surface area contributed by atoms with E-state index in [0.717, 1.165) is 12.1 Å². The summed E-state index contributed by atoms with van der Waals surface area (Å²) in [7, 11) is 0. The van der Waals surface area contributed by atoms with E-state index in [1.165, 1.54) is 0 Å². The molecule has 0 saturated carbocycles. The van der Waals surface area contributed by atoms with E-state index < -0.39 is 17.8 Å². The third kappa shape index (κ3) is 4.58. The Morgan fingerprint density at radius 3 is 2.39 bits per heavy atom. The van der Waals surface area contributed by atoms with Gasteiger partial charge in [-0.25, -0.2) is 4.98 Å². The van der Waals surface area contributed by atoms with Crippen LogP contribution in [0, 0.1) is 5.92 Å². The van der Waals surface area contributed by atoms with Gasteiger partial charge in [-0.05, 0) is 36.6 Å². The molecule has 0 radical (unpaired) electrons. The van der Waals surface area contributed by atoms with Gasteiger partial charge in [-0.1, -0.05) is 13.8 Å². The number of carbonyl (C=O) groups excluding carboxylic acids is 1. The second-order valence-electron chi connectivity index (χ2n) is 5.69. The molecule has 0 spiro atoms. The number of alkyl halides is 3. The van der Waals surface area contributed by atoms with Crippen molar-refractivity contribution in [1.82, 2.24) is 9.55 Å². The third-order valence-corrected chi connectivity index (χ3v) is 3.33. The Labute approximate surface area is 132 Å². The first-order valence-electron chi connectivity index (χ1n) is 7.24. The van der Waals surface area contributed by atoms with Crippen LogP contribution in [0.1, 0.15) is 31.9 Å². The molecule has 1 atom stereocenters. The number of pyridine rings is 1. The van der Waals surface area contributed by atoms with Gasteiger partial charge in [0, 0.05) is 18.6 Å². The number of nitrogens with one attached hydrogen (secondary N) is 1. The molecule has 2 rings (SSSR count). The Kier molecular flexibility index (Phi) is 5.08. The average molecular weight is 325 g/mol. The molecule has 0 bridgehead atoms. The number of halogens is 3. The van der Waals surface area contributed by atoms with Crippen LogP contribution in [-0.4, -0.2) is 15.5 Å². The molecule has 4 nitrogen and oxygen atoms in total. The lowest BCUT2D eigenvalue weighted by molar-refractivity contribution is -0.137. The molecule has 2 aromatic heterocycles. The summed E-state index contributed by atoms with van der Waals surface area (Å²) in [6.45, 7) is 4.00. The maximum absolute atomic E-state index is 12.5. The molecule has 1 N–H and O–H groups in total. The molecule has 0 fully saturated rings. The topological polar surface area (TPSA) is 46.9 Å². The molecular formula is C16H18F3N3O. The largest absolute Gasteiger partial charge is 0.417 e. The molecule has 0 aromatic carbocycles. The highest BCUT2D eigenvalue weighted by molar-refractivity contribution is 5.92. The molecule has 0 aliphatic rings. The second-order valence-corrected chi connectivity index (χ2v) is 5.69. The van der Waals surface area contributed by atoms with E-state index >= 15 is 0 Å². The van der Waals surface area contributed by atoms with E-state index in [2.05, 4.69) is 10.3 Å². The van der Waals surface area contributed by atoms with Crippen molar-refractivity contribution in [1.29, 1.82) is 0 Å². The molecule has 124 valence electrons. The molecule has 0 saturated heterocycles. The Bertz CT molecular complexity index is 634. The van der Waals surface area contributed by atoms with Crippen LogP contribution in [0.15, 0.2) is 42.9 Å². The van der Waals surface area contributed by atoms with Crippen LogP contribution in [0.25, 0.3) is 0 Å². The van der Waals surface area contributed by atoms with Gasteiger partial charge in [-0.3, -0.25) is 4.79 Å². The minimum Gasteiger partial charge on any atom is -0.342 e. The van der Waals surface area contributed by atoms with Gasteiger partial charge in [-0.2, -0.15) is 13.2 Å². The Morgan fingerprint density at radius 1 is 1.26 bits per heavy atom. The molecule has 7 heteroatoms. The fourth-order valence-electron chi connectivity index (χ4n) is 2.21. The van der Waals surface area contributed by atoms with E-state index in [1.54, 1.807) is 17.0 Å². The van der Waals surface area contributed by atoms with Gasteiger partial charge in [-0.15, -0.1) is 0 Å². The van der Waals surface area contributed by atoms with Gasteiger partial charge in [0.25, 0.3) is 0 Å². The molecule has 2 heterocycles. The van der Waals surface area contributed by atoms with Crippen molar-refractivity contribution in [2.75, 3.05) is 5.32 Å². The number of rotatable bonds is 5. The molecule has 1 amide bonds. The fraction of sp³-hybridized carbons (Fsp3) is 0.375. The van der Waals surface area contributed by atoms with Crippen LogP contribution >= 0.6 is 0 Å². The average Bonchev–Trinajstić information content (AvgIpc) is 2.98. The van der Waals surface area contributed by atoms with Gasteiger partial charge in [0.15, 0.2) is 0 Å². The van der Waals surface area contributed by atoms with Crippen molar-refractivity contribution in [3.63, 3.8) is 0 Å². The summed E-state index contributed by atoms with van der Waals surface area (Å²) in [5.41, 5.74) is -0.848. The number of amides is 1. The normalized spacial score (nSPS) is 13.1. The number of nitrogens with zero attached hydrogens (tertiary/aromatic N) is 2. The summed E-state index contributed by atoms with van der Waals surface area (Å²) in [4.78, 5) is 16.1. The zero-order valence-electron chi connectivity index (χ0n) is 12.8. The van der Waals surface area contributed by atoms with Crippen LogP contribution in [0.2, 0.25) is 0 Å². The van der Waals surface area contributed by atoms with Crippen molar-refractivity contribution in [2.45, 2.75) is 32.5 Å². The number of carbonyl (C=O) groups is 1. The molecule has 0 unspecified atom stereocenters. The van der Waals surface area contributed by atoms with Crippen molar-refractivity contribution in [2.24, 2.45) is 5.92 Å². The van der Waals surface area contributed by atoms with Crippen LogP contribution < -0.4 is 5.32 Å². The number of hydrogen-bond donors (Lipinski definition) is 1. The van der Waals surface area contributed by atoms with Gasteiger partial charge in [0.1, 0.15) is 11.9 Å². The molecule has 23 heavy (non-hydrogen) atoms. The zero-order chi connectivity index (χ0) is 17.0. The van der Waals surface area contributed by atoms with E-state index in [4.69, 9.17) is 0 Å². The lowest BCUT2D eigenvalue weighted by Crippen LogP contribution is -2.27. The smallest absolute Gasteiger partial charge is 0.342 e. The predicted molar refractivity (Wildman–Crippen MR) is 80.8 cm³/mol. The van der Waals surface area contributed by atoms with Crippen molar-refractivity contribution in [3.05, 3.63) is 48.4 Å². The summed E-state index contributed by atoms with van der Waals surface area (Å²) in [6.07, 6.45) is 0.449. The number of hydrogen-bond acceptors (Lipinski definition) is 2. The van der Waals surface area contributed by atoms with Gasteiger partial charge < -0.3 is 9.88 Å². The highest BCUT2D eigenvalue weighted by Crippen LogP contribution is 2.29. The second kappa shape index (κ2) is 6.85. The van der Waals surface area contributed by atoms with Crippen LogP contribution in [0.5, 0.6) is 0 Å². The molecule has 2 aromatic rings. The number of anilines is 1. The predicted octanol–water partition coefficient (Wildman–Crippen LogP) is 4.13. The summed E-state index contributed by atoms with van der Waals surface area (Å²) in [6, 6.07) is 5.25. The fourth-order valence-corrected chi connectivity index (χ4v) is 2.21. The molecule has 0 aliphatic carbocycles. The minimum atomic E-state index is -4.44. The summed E-state index contributed by atoms with van der Waals surface area (Å²) in [5, 5.41) is 2.58. The Hall–Kier alpha value is -2.31. The quantitative estimate of drug-likeness (QED) is 0.898. The summed E-state index contributed by atoms with van der Waals surface area (Å²) >= 11 is 0. The van der Waals surface area contributed by atoms with Crippen LogP contribution in [0.4, 0.5) is 19.0 Å². The van der Waals surface area contributed by atoms with E-state index in [9.17, 15) is 18.0 Å². The van der Waals surface area contributed by atoms with Crippen molar-refractivity contribution < 1.29 is 18.0 Å². The Balaban J connectivity index is 2.12. The third-order valence-electron chi connectivity index (χ3n) is 3.33. The lowest BCUT2D eigenvalue weighted by atomic mass is 10.0. The summed E-state index contributed by atoms with van der Waals surface area (Å²) < 4.78 is 39.3. The standard InChI is InChI=1S/C16H18F3N3O/c1-11(2)9-13(22-7-3-4-8-22)15(23)21-14-6-5-12(10-20-14)16(17,18)19/h3-8,10-11,13H,9H2,1-2H3,(H,20,21,23)/t13-/m0/s1. The summed E-state index contributed by atoms with van der Waals surface area (Å²) in [5.74, 6) is 0.0831. The van der Waals surface area contributed by atoms with Crippen LogP contribution in [0.3, 0.4) is 0 Å². The number of aromatic nitrogens is 2. The van der Waals surface area contributed by atoms with Crippen molar-refractivity contribution in [3.8, 4) is 0 Å². The molecule has 0 aliphatic heterocycles. The maximum atomic E-state index is 12.5. The monoisotopic (exact) mass is 325 g/mol. The van der Waals surface area contributed by atoms with E-state index in [1.807, 2.05) is 26.0 Å². The van der Waals surface area contributed by atoms with E-state index in [-0.39, 0.29) is 17.6 Å². The minimum absolute atomic E-state index is 0.101. The highest BCUT2D eigenvalue weighted by Gasteiger charge is 2.30. The first kappa shape index (κ1) is 17.1. The van der Waals surface area contributed by atoms with Gasteiger partial charge in [0.05, 0.1) is 5.56 Å². The first-order valence-corrected chi connectivity index (χ1v) is 7.24. The van der Waals surface area contributed by atoms with Gasteiger partial charge in [0.2, 0.25) is 5.91 Å². The maximum Gasteiger partial charge on any atom is 0.417 e. The zero-order valence-corrected chi connectivity index (χ0v) is 12.8. The highest BCUT2D eigenvalue weighted by atomic mass is 19.4. The lowest BCUT2D eigenvalue weighted by Gasteiger charge is -2.20. The molecular weight excluding hydrogens is 307 g/mol. The van der Waals surface area contributed by atoms with Crippen LogP contribution in [-0.2, 0) is 11.0 Å².